The van der Waals surface area contributed by atoms with E-state index >= 15 is 0 Å². The van der Waals surface area contributed by atoms with Crippen LogP contribution in [0.25, 0.3) is 0 Å². The second-order valence-electron chi connectivity index (χ2n) is 5.85. The maximum atomic E-state index is 12.1. The van der Waals surface area contributed by atoms with Gasteiger partial charge >= 0.3 is 0 Å². The van der Waals surface area contributed by atoms with E-state index in [0.717, 1.165) is 24.3 Å². The van der Waals surface area contributed by atoms with Crippen molar-refractivity contribution in [1.82, 2.24) is 4.90 Å². The number of carbonyl (C=O) groups is 1. The average molecular weight is 260 g/mol. The van der Waals surface area contributed by atoms with Crippen LogP contribution in [0.2, 0.25) is 0 Å². The summed E-state index contributed by atoms with van der Waals surface area (Å²) in [6.45, 7) is 8.95. The fraction of sp³-hybridized carbons (Fsp3) is 0.562. The molecular weight excluding hydrogens is 236 g/mol. The highest BCUT2D eigenvalue weighted by Gasteiger charge is 2.18. The number of anilines is 1. The van der Waals surface area contributed by atoms with Gasteiger partial charge in [-0.1, -0.05) is 24.6 Å². The Morgan fingerprint density at radius 2 is 2.21 bits per heavy atom. The van der Waals surface area contributed by atoms with Crippen molar-refractivity contribution in [2.45, 2.75) is 33.6 Å². The number of carbonyl (C=O) groups excluding carboxylic acids is 1. The highest BCUT2D eigenvalue weighted by molar-refractivity contribution is 5.93. The van der Waals surface area contributed by atoms with Crippen molar-refractivity contribution < 1.29 is 4.79 Å². The van der Waals surface area contributed by atoms with Gasteiger partial charge in [0.1, 0.15) is 0 Å². The third-order valence-corrected chi connectivity index (χ3v) is 3.76. The molecule has 104 valence electrons. The van der Waals surface area contributed by atoms with E-state index in [1.807, 2.05) is 19.1 Å². The Hall–Kier alpha value is -1.35. The lowest BCUT2D eigenvalue weighted by Gasteiger charge is -2.30. The van der Waals surface area contributed by atoms with Crippen LogP contribution in [-0.2, 0) is 4.79 Å². The Morgan fingerprint density at radius 3 is 2.89 bits per heavy atom. The number of nitrogens with one attached hydrogen (secondary N) is 1. The van der Waals surface area contributed by atoms with Gasteiger partial charge in [-0.2, -0.15) is 0 Å². The predicted octanol–water partition coefficient (Wildman–Crippen LogP) is 2.97. The highest BCUT2D eigenvalue weighted by atomic mass is 16.2. The molecule has 1 aromatic rings. The molecule has 1 N–H and O–H groups in total. The quantitative estimate of drug-likeness (QED) is 0.906. The van der Waals surface area contributed by atoms with E-state index in [1.54, 1.807) is 0 Å². The lowest BCUT2D eigenvalue weighted by atomic mass is 10.0. The molecule has 1 saturated heterocycles. The van der Waals surface area contributed by atoms with E-state index < -0.39 is 0 Å². The molecule has 1 aliphatic rings. The fourth-order valence-electron chi connectivity index (χ4n) is 2.78. The summed E-state index contributed by atoms with van der Waals surface area (Å²) >= 11 is 0. The molecule has 1 aromatic carbocycles. The van der Waals surface area contributed by atoms with Crippen molar-refractivity contribution in [3.63, 3.8) is 0 Å². The van der Waals surface area contributed by atoms with Crippen molar-refractivity contribution >= 4 is 11.6 Å². The molecule has 0 radical (unpaired) electrons. The van der Waals surface area contributed by atoms with Crippen LogP contribution in [0.1, 0.15) is 30.9 Å². The summed E-state index contributed by atoms with van der Waals surface area (Å²) in [4.78, 5) is 14.3. The SMILES string of the molecule is Cc1ccc(NC(=O)CN2CCC[C@@H](C)C2)c(C)c1. The van der Waals surface area contributed by atoms with Crippen molar-refractivity contribution in [2.75, 3.05) is 25.0 Å². The number of rotatable bonds is 3. The maximum Gasteiger partial charge on any atom is 0.238 e. The second kappa shape index (κ2) is 6.20. The van der Waals surface area contributed by atoms with Gasteiger partial charge in [0.05, 0.1) is 6.54 Å². The standard InChI is InChI=1S/C16H24N2O/c1-12-6-7-15(14(3)9-12)17-16(19)11-18-8-4-5-13(2)10-18/h6-7,9,13H,4-5,8,10-11H2,1-3H3,(H,17,19)/t13-/m1/s1. The number of hydrogen-bond donors (Lipinski definition) is 1. The summed E-state index contributed by atoms with van der Waals surface area (Å²) < 4.78 is 0. The van der Waals surface area contributed by atoms with Crippen molar-refractivity contribution in [2.24, 2.45) is 5.92 Å². The molecule has 1 atom stereocenters. The Balaban J connectivity index is 1.90. The van der Waals surface area contributed by atoms with E-state index in [4.69, 9.17) is 0 Å². The third-order valence-electron chi connectivity index (χ3n) is 3.76. The van der Waals surface area contributed by atoms with Crippen LogP contribution in [-0.4, -0.2) is 30.4 Å². The number of aryl methyl sites for hydroxylation is 2. The molecule has 0 saturated carbocycles. The summed E-state index contributed by atoms with van der Waals surface area (Å²) in [7, 11) is 0. The van der Waals surface area contributed by atoms with Gasteiger partial charge in [-0.3, -0.25) is 9.69 Å². The van der Waals surface area contributed by atoms with Gasteiger partial charge in [-0.25, -0.2) is 0 Å². The fourth-order valence-corrected chi connectivity index (χ4v) is 2.78. The minimum atomic E-state index is 0.0982. The Kier molecular flexibility index (Phi) is 4.59. The van der Waals surface area contributed by atoms with Gasteiger partial charge in [0.15, 0.2) is 0 Å². The van der Waals surface area contributed by atoms with Gasteiger partial charge in [0, 0.05) is 12.2 Å². The first-order valence-corrected chi connectivity index (χ1v) is 7.14. The zero-order valence-electron chi connectivity index (χ0n) is 12.2. The number of nitrogens with zero attached hydrogens (tertiary/aromatic N) is 1. The molecule has 0 spiro atoms. The number of benzene rings is 1. The maximum absolute atomic E-state index is 12.1. The Bertz CT molecular complexity index is 456. The van der Waals surface area contributed by atoms with E-state index in [2.05, 4.69) is 30.1 Å². The second-order valence-corrected chi connectivity index (χ2v) is 5.85. The van der Waals surface area contributed by atoms with Crippen LogP contribution >= 0.6 is 0 Å². The molecule has 0 aliphatic carbocycles. The summed E-state index contributed by atoms with van der Waals surface area (Å²) in [5.74, 6) is 0.809. The summed E-state index contributed by atoms with van der Waals surface area (Å²) in [6.07, 6.45) is 2.49. The third kappa shape index (κ3) is 4.06. The van der Waals surface area contributed by atoms with Gasteiger partial charge in [0.2, 0.25) is 5.91 Å². The van der Waals surface area contributed by atoms with E-state index in [9.17, 15) is 4.79 Å². The Morgan fingerprint density at radius 1 is 1.42 bits per heavy atom. The molecule has 3 nitrogen and oxygen atoms in total. The van der Waals surface area contributed by atoms with Crippen LogP contribution in [0.4, 0.5) is 5.69 Å². The lowest BCUT2D eigenvalue weighted by Crippen LogP contribution is -2.39. The number of hydrogen-bond acceptors (Lipinski definition) is 2. The highest BCUT2D eigenvalue weighted by Crippen LogP contribution is 2.17. The van der Waals surface area contributed by atoms with Gasteiger partial charge in [-0.05, 0) is 50.8 Å². The smallest absolute Gasteiger partial charge is 0.238 e. The van der Waals surface area contributed by atoms with Gasteiger partial charge in [-0.15, -0.1) is 0 Å². The molecule has 1 amide bonds. The summed E-state index contributed by atoms with van der Waals surface area (Å²) in [5.41, 5.74) is 3.28. The van der Waals surface area contributed by atoms with Gasteiger partial charge < -0.3 is 5.32 Å². The van der Waals surface area contributed by atoms with E-state index in [1.165, 1.54) is 18.4 Å². The molecule has 1 aliphatic heterocycles. The molecule has 3 heteroatoms. The van der Waals surface area contributed by atoms with Crippen LogP contribution in [0, 0.1) is 19.8 Å². The monoisotopic (exact) mass is 260 g/mol. The molecule has 1 heterocycles. The van der Waals surface area contributed by atoms with E-state index in [0.29, 0.717) is 12.5 Å². The molecule has 0 aromatic heterocycles. The summed E-state index contributed by atoms with van der Waals surface area (Å²) in [5, 5.41) is 3.02. The first-order valence-electron chi connectivity index (χ1n) is 7.14. The normalized spacial score (nSPS) is 20.3. The molecular formula is C16H24N2O. The number of amides is 1. The molecule has 2 rings (SSSR count). The van der Waals surface area contributed by atoms with Crippen LogP contribution in [0.3, 0.4) is 0 Å². The molecule has 0 bridgehead atoms. The predicted molar refractivity (Wildman–Crippen MR) is 79.4 cm³/mol. The topological polar surface area (TPSA) is 32.3 Å². The van der Waals surface area contributed by atoms with Crippen LogP contribution < -0.4 is 5.32 Å². The van der Waals surface area contributed by atoms with Crippen molar-refractivity contribution in [3.05, 3.63) is 29.3 Å². The van der Waals surface area contributed by atoms with E-state index in [-0.39, 0.29) is 5.91 Å². The molecule has 19 heavy (non-hydrogen) atoms. The van der Waals surface area contributed by atoms with Crippen LogP contribution in [0.15, 0.2) is 18.2 Å². The largest absolute Gasteiger partial charge is 0.325 e. The molecule has 1 fully saturated rings. The number of likely N-dealkylation sites (tertiary alicyclic amines) is 1. The first-order chi connectivity index (χ1) is 9.04. The van der Waals surface area contributed by atoms with Crippen molar-refractivity contribution in [1.29, 1.82) is 0 Å². The van der Waals surface area contributed by atoms with Crippen LogP contribution in [0.5, 0.6) is 0 Å². The average Bonchev–Trinajstić information content (AvgIpc) is 2.33. The minimum absolute atomic E-state index is 0.0982. The minimum Gasteiger partial charge on any atom is -0.325 e. The lowest BCUT2D eigenvalue weighted by molar-refractivity contribution is -0.117. The number of piperidine rings is 1. The summed E-state index contributed by atoms with van der Waals surface area (Å²) in [6, 6.07) is 6.12. The van der Waals surface area contributed by atoms with Gasteiger partial charge in [0.25, 0.3) is 0 Å². The first kappa shape index (κ1) is 14.1. The molecule has 0 unspecified atom stereocenters. The van der Waals surface area contributed by atoms with Crippen molar-refractivity contribution in [3.8, 4) is 0 Å². The zero-order valence-corrected chi connectivity index (χ0v) is 12.2. The Labute approximate surface area is 116 Å². The zero-order chi connectivity index (χ0) is 13.8.